The normalized spacial score (nSPS) is 12.0. The summed E-state index contributed by atoms with van der Waals surface area (Å²) in [7, 11) is 0. The third-order valence-electron chi connectivity index (χ3n) is 4.26. The van der Waals surface area contributed by atoms with Crippen LogP contribution >= 0.6 is 22.7 Å². The van der Waals surface area contributed by atoms with Crippen LogP contribution < -0.4 is 0 Å². The molecule has 0 aliphatic heterocycles. The van der Waals surface area contributed by atoms with Gasteiger partial charge in [0.2, 0.25) is 0 Å². The lowest BCUT2D eigenvalue weighted by Crippen LogP contribution is -1.70. The standard InChI is InChI=1S/C22H14S2/c1-2-6-16-14-22-18(11-15(16)5-1)13-20(24-22)10-9-19-12-17-7-3-4-8-21(17)23-19/h1-14H/b10-9+. The number of rotatable bonds is 2. The Morgan fingerprint density at radius 3 is 1.83 bits per heavy atom. The second-order valence-electron chi connectivity index (χ2n) is 5.91. The molecule has 5 rings (SSSR count). The maximum atomic E-state index is 2.30. The Bertz CT molecular complexity index is 1120. The van der Waals surface area contributed by atoms with E-state index in [1.54, 1.807) is 0 Å². The molecular formula is C22H14S2. The Labute approximate surface area is 148 Å². The molecule has 0 fully saturated rings. The summed E-state index contributed by atoms with van der Waals surface area (Å²) in [6, 6.07) is 26.3. The molecule has 0 bridgehead atoms. The monoisotopic (exact) mass is 342 g/mol. The first-order chi connectivity index (χ1) is 11.8. The average molecular weight is 342 g/mol. The molecule has 0 unspecified atom stereocenters. The fraction of sp³-hybridized carbons (Fsp3) is 0. The summed E-state index contributed by atoms with van der Waals surface area (Å²) in [6.45, 7) is 0. The van der Waals surface area contributed by atoms with Gasteiger partial charge in [0.25, 0.3) is 0 Å². The largest absolute Gasteiger partial charge is 0.136 e. The molecule has 0 radical (unpaired) electrons. The van der Waals surface area contributed by atoms with Crippen molar-refractivity contribution in [1.82, 2.24) is 0 Å². The van der Waals surface area contributed by atoms with Gasteiger partial charge < -0.3 is 0 Å². The molecular weight excluding hydrogens is 328 g/mol. The zero-order valence-corrected chi connectivity index (χ0v) is 14.5. The van der Waals surface area contributed by atoms with Crippen LogP contribution in [0.2, 0.25) is 0 Å². The van der Waals surface area contributed by atoms with Gasteiger partial charge >= 0.3 is 0 Å². The highest BCUT2D eigenvalue weighted by Gasteiger charge is 2.03. The lowest BCUT2D eigenvalue weighted by molar-refractivity contribution is 1.81. The van der Waals surface area contributed by atoms with Crippen molar-refractivity contribution in [2.45, 2.75) is 0 Å². The van der Waals surface area contributed by atoms with Gasteiger partial charge in [-0.05, 0) is 64.0 Å². The molecule has 0 N–H and O–H groups in total. The lowest BCUT2D eigenvalue weighted by Gasteiger charge is -1.96. The van der Waals surface area contributed by atoms with E-state index >= 15 is 0 Å². The zero-order chi connectivity index (χ0) is 15.9. The van der Waals surface area contributed by atoms with Crippen molar-refractivity contribution in [3.63, 3.8) is 0 Å². The Balaban J connectivity index is 1.54. The molecule has 0 spiro atoms. The summed E-state index contributed by atoms with van der Waals surface area (Å²) >= 11 is 3.70. The molecule has 0 nitrogen and oxygen atoms in total. The van der Waals surface area contributed by atoms with Crippen molar-refractivity contribution in [2.24, 2.45) is 0 Å². The van der Waals surface area contributed by atoms with Crippen LogP contribution in [-0.2, 0) is 0 Å². The number of benzene rings is 3. The number of thiophene rings is 2. The van der Waals surface area contributed by atoms with E-state index in [1.165, 1.54) is 40.7 Å². The van der Waals surface area contributed by atoms with Crippen molar-refractivity contribution in [2.75, 3.05) is 0 Å². The second kappa shape index (κ2) is 5.59. The minimum atomic E-state index is 1.30. The minimum Gasteiger partial charge on any atom is -0.136 e. The average Bonchev–Trinajstić information content (AvgIpc) is 3.20. The number of hydrogen-bond donors (Lipinski definition) is 0. The topological polar surface area (TPSA) is 0 Å². The molecule has 0 saturated heterocycles. The van der Waals surface area contributed by atoms with E-state index in [-0.39, 0.29) is 0 Å². The highest BCUT2D eigenvalue weighted by Crippen LogP contribution is 2.32. The zero-order valence-electron chi connectivity index (χ0n) is 12.9. The SMILES string of the molecule is C(=C\c1cc2cc3ccccc3cc2s1)/c1cc2ccccc2s1. The molecule has 0 saturated carbocycles. The van der Waals surface area contributed by atoms with Crippen molar-refractivity contribution in [3.8, 4) is 0 Å². The van der Waals surface area contributed by atoms with Crippen LogP contribution in [0.25, 0.3) is 43.1 Å². The first-order valence-electron chi connectivity index (χ1n) is 7.94. The first-order valence-corrected chi connectivity index (χ1v) is 9.57. The van der Waals surface area contributed by atoms with Gasteiger partial charge in [-0.3, -0.25) is 0 Å². The molecule has 3 aromatic carbocycles. The van der Waals surface area contributed by atoms with Gasteiger partial charge in [0.15, 0.2) is 0 Å². The van der Waals surface area contributed by atoms with E-state index in [9.17, 15) is 0 Å². The van der Waals surface area contributed by atoms with E-state index in [0.29, 0.717) is 0 Å². The predicted molar refractivity (Wildman–Crippen MR) is 110 cm³/mol. The highest BCUT2D eigenvalue weighted by atomic mass is 32.1. The molecule has 0 aliphatic carbocycles. The molecule has 114 valence electrons. The summed E-state index contributed by atoms with van der Waals surface area (Å²) in [6.07, 6.45) is 4.47. The predicted octanol–water partition coefficient (Wildman–Crippen LogP) is 7.44. The van der Waals surface area contributed by atoms with Gasteiger partial charge in [0, 0.05) is 19.2 Å². The van der Waals surface area contributed by atoms with Gasteiger partial charge in [-0.2, -0.15) is 0 Å². The van der Waals surface area contributed by atoms with Gasteiger partial charge in [0.1, 0.15) is 0 Å². The highest BCUT2D eigenvalue weighted by molar-refractivity contribution is 7.20. The van der Waals surface area contributed by atoms with Crippen LogP contribution in [-0.4, -0.2) is 0 Å². The second-order valence-corrected chi connectivity index (χ2v) is 8.14. The maximum Gasteiger partial charge on any atom is 0.0355 e. The molecule has 0 amide bonds. The van der Waals surface area contributed by atoms with Gasteiger partial charge in [-0.1, -0.05) is 42.5 Å². The quantitative estimate of drug-likeness (QED) is 0.313. The van der Waals surface area contributed by atoms with E-state index in [0.717, 1.165) is 0 Å². The summed E-state index contributed by atoms with van der Waals surface area (Å²) in [5, 5.41) is 5.27. The molecule has 2 heteroatoms. The van der Waals surface area contributed by atoms with Crippen molar-refractivity contribution in [1.29, 1.82) is 0 Å². The molecule has 0 aliphatic rings. The number of fused-ring (bicyclic) bond motifs is 3. The summed E-state index contributed by atoms with van der Waals surface area (Å²) in [4.78, 5) is 2.61. The van der Waals surface area contributed by atoms with Gasteiger partial charge in [-0.15, -0.1) is 22.7 Å². The fourth-order valence-electron chi connectivity index (χ4n) is 3.08. The van der Waals surface area contributed by atoms with E-state index in [4.69, 9.17) is 0 Å². The van der Waals surface area contributed by atoms with Crippen molar-refractivity contribution >= 4 is 65.8 Å². The summed E-state index contributed by atoms with van der Waals surface area (Å²) < 4.78 is 2.70. The smallest absolute Gasteiger partial charge is 0.0355 e. The van der Waals surface area contributed by atoms with Crippen LogP contribution in [0.3, 0.4) is 0 Å². The van der Waals surface area contributed by atoms with E-state index < -0.39 is 0 Å². The van der Waals surface area contributed by atoms with Crippen molar-refractivity contribution < 1.29 is 0 Å². The third-order valence-corrected chi connectivity index (χ3v) is 6.40. The van der Waals surface area contributed by atoms with Crippen LogP contribution in [0.5, 0.6) is 0 Å². The molecule has 5 aromatic rings. The third kappa shape index (κ3) is 2.44. The molecule has 2 heterocycles. The van der Waals surface area contributed by atoms with E-state index in [1.807, 2.05) is 22.7 Å². The Morgan fingerprint density at radius 1 is 0.500 bits per heavy atom. The summed E-state index contributed by atoms with van der Waals surface area (Å²) in [5.41, 5.74) is 0. The van der Waals surface area contributed by atoms with Crippen molar-refractivity contribution in [3.05, 3.63) is 82.6 Å². The Hall–Kier alpha value is -2.42. The fourth-order valence-corrected chi connectivity index (χ4v) is 5.04. The first kappa shape index (κ1) is 14.0. The minimum absolute atomic E-state index is 1.30. The van der Waals surface area contributed by atoms with Crippen LogP contribution in [0, 0.1) is 0 Å². The Morgan fingerprint density at radius 2 is 1.08 bits per heavy atom. The summed E-state index contributed by atoms with van der Waals surface area (Å²) in [5.74, 6) is 0. The van der Waals surface area contributed by atoms with Crippen LogP contribution in [0.15, 0.2) is 72.8 Å². The molecule has 24 heavy (non-hydrogen) atoms. The number of hydrogen-bond acceptors (Lipinski definition) is 2. The van der Waals surface area contributed by atoms with E-state index in [2.05, 4.69) is 84.9 Å². The molecule has 2 aromatic heterocycles. The Kier molecular flexibility index (Phi) is 3.25. The van der Waals surface area contributed by atoms with Gasteiger partial charge in [-0.25, -0.2) is 0 Å². The van der Waals surface area contributed by atoms with Crippen LogP contribution in [0.1, 0.15) is 9.75 Å². The maximum absolute atomic E-state index is 2.30. The lowest BCUT2D eigenvalue weighted by atomic mass is 10.1. The molecule has 0 atom stereocenters. The van der Waals surface area contributed by atoms with Crippen LogP contribution in [0.4, 0.5) is 0 Å². The van der Waals surface area contributed by atoms with Gasteiger partial charge in [0.05, 0.1) is 0 Å².